The quantitative estimate of drug-likeness (QED) is 0.584. The molecular formula is C20H22N2O4. The highest BCUT2D eigenvalue weighted by molar-refractivity contribution is 6.35. The van der Waals surface area contributed by atoms with Crippen LogP contribution < -0.4 is 10.6 Å². The lowest BCUT2D eigenvalue weighted by atomic mass is 10.1. The molecule has 6 heteroatoms. The number of rotatable bonds is 7. The molecule has 0 bridgehead atoms. The van der Waals surface area contributed by atoms with E-state index in [1.807, 2.05) is 60.7 Å². The number of carbonyl (C=O) groups is 3. The first kappa shape index (κ1) is 19.2. The number of hydrogen-bond donors (Lipinski definition) is 2. The Bertz CT molecular complexity index is 732. The average molecular weight is 354 g/mol. The molecule has 0 saturated heterocycles. The van der Waals surface area contributed by atoms with E-state index in [2.05, 4.69) is 10.6 Å². The lowest BCUT2D eigenvalue weighted by Crippen LogP contribution is -2.49. The minimum absolute atomic E-state index is 0.195. The summed E-state index contributed by atoms with van der Waals surface area (Å²) in [6.07, 6.45) is 0.247. The van der Waals surface area contributed by atoms with E-state index in [0.29, 0.717) is 0 Å². The van der Waals surface area contributed by atoms with Gasteiger partial charge in [-0.1, -0.05) is 60.7 Å². The SMILES string of the molecule is CCOC(=O)[C@H](Cc1ccccc1)NC(=O)C(=O)NCc1ccccc1. The Labute approximate surface area is 152 Å². The van der Waals surface area contributed by atoms with Crippen molar-refractivity contribution < 1.29 is 19.1 Å². The van der Waals surface area contributed by atoms with Crippen LogP contribution in [0, 0.1) is 0 Å². The first-order chi connectivity index (χ1) is 12.6. The Kier molecular flexibility index (Phi) is 7.36. The summed E-state index contributed by atoms with van der Waals surface area (Å²) in [5.74, 6) is -2.23. The fourth-order valence-electron chi connectivity index (χ4n) is 2.37. The van der Waals surface area contributed by atoms with Crippen LogP contribution in [0.2, 0.25) is 0 Å². The van der Waals surface area contributed by atoms with Crippen molar-refractivity contribution >= 4 is 17.8 Å². The van der Waals surface area contributed by atoms with Gasteiger partial charge in [-0.3, -0.25) is 9.59 Å². The molecule has 0 aromatic heterocycles. The summed E-state index contributed by atoms with van der Waals surface area (Å²) in [7, 11) is 0. The van der Waals surface area contributed by atoms with E-state index in [1.54, 1.807) is 6.92 Å². The summed E-state index contributed by atoms with van der Waals surface area (Å²) >= 11 is 0. The molecule has 2 rings (SSSR count). The number of ether oxygens (including phenoxy) is 1. The van der Waals surface area contributed by atoms with Crippen LogP contribution in [0.25, 0.3) is 0 Å². The van der Waals surface area contributed by atoms with Crippen LogP contribution in [-0.4, -0.2) is 30.4 Å². The molecule has 0 fully saturated rings. The minimum atomic E-state index is -0.924. The first-order valence-electron chi connectivity index (χ1n) is 8.43. The summed E-state index contributed by atoms with van der Waals surface area (Å²) in [6.45, 7) is 2.11. The maximum absolute atomic E-state index is 12.1. The molecule has 2 amide bonds. The summed E-state index contributed by atoms with van der Waals surface area (Å²) in [5, 5.41) is 5.00. The Morgan fingerprint density at radius 2 is 1.46 bits per heavy atom. The molecule has 0 spiro atoms. The van der Waals surface area contributed by atoms with E-state index in [0.717, 1.165) is 11.1 Å². The number of carbonyl (C=O) groups excluding carboxylic acids is 3. The van der Waals surface area contributed by atoms with Crippen molar-refractivity contribution in [2.75, 3.05) is 6.61 Å². The van der Waals surface area contributed by atoms with E-state index in [9.17, 15) is 14.4 Å². The molecule has 136 valence electrons. The number of benzene rings is 2. The third-order valence-electron chi connectivity index (χ3n) is 3.66. The van der Waals surface area contributed by atoms with Crippen molar-refractivity contribution in [2.45, 2.75) is 25.9 Å². The molecule has 6 nitrogen and oxygen atoms in total. The van der Waals surface area contributed by atoms with Gasteiger partial charge < -0.3 is 15.4 Å². The summed E-state index contributed by atoms with van der Waals surface area (Å²) in [5.41, 5.74) is 1.73. The number of amides is 2. The van der Waals surface area contributed by atoms with E-state index >= 15 is 0 Å². The zero-order valence-electron chi connectivity index (χ0n) is 14.6. The molecule has 0 heterocycles. The van der Waals surface area contributed by atoms with Crippen molar-refractivity contribution in [1.29, 1.82) is 0 Å². The zero-order valence-corrected chi connectivity index (χ0v) is 14.6. The van der Waals surface area contributed by atoms with Gasteiger partial charge in [0, 0.05) is 13.0 Å². The Morgan fingerprint density at radius 3 is 2.04 bits per heavy atom. The maximum atomic E-state index is 12.1. The van der Waals surface area contributed by atoms with Gasteiger partial charge in [-0.15, -0.1) is 0 Å². The standard InChI is InChI=1S/C20H22N2O4/c1-2-26-20(25)17(13-15-9-5-3-6-10-15)22-19(24)18(23)21-14-16-11-7-4-8-12-16/h3-12,17H,2,13-14H2,1H3,(H,21,23)(H,22,24)/t17-/m0/s1. The monoisotopic (exact) mass is 354 g/mol. The van der Waals surface area contributed by atoms with Gasteiger partial charge >= 0.3 is 17.8 Å². The molecule has 0 aliphatic heterocycles. The van der Waals surface area contributed by atoms with Crippen LogP contribution in [0.1, 0.15) is 18.1 Å². The maximum Gasteiger partial charge on any atom is 0.328 e. The van der Waals surface area contributed by atoms with Gasteiger partial charge in [0.25, 0.3) is 0 Å². The second-order valence-electron chi connectivity index (χ2n) is 5.64. The summed E-state index contributed by atoms with van der Waals surface area (Å²) in [6, 6.07) is 17.5. The molecule has 2 N–H and O–H groups in total. The third kappa shape index (κ3) is 6.05. The Balaban J connectivity index is 1.95. The average Bonchev–Trinajstić information content (AvgIpc) is 2.67. The van der Waals surface area contributed by atoms with Gasteiger partial charge in [0.1, 0.15) is 6.04 Å². The Morgan fingerprint density at radius 1 is 0.885 bits per heavy atom. The van der Waals surface area contributed by atoms with Crippen LogP contribution >= 0.6 is 0 Å². The molecule has 0 saturated carbocycles. The van der Waals surface area contributed by atoms with Gasteiger partial charge in [-0.05, 0) is 18.1 Å². The number of hydrogen-bond acceptors (Lipinski definition) is 4. The molecule has 0 unspecified atom stereocenters. The second-order valence-corrected chi connectivity index (χ2v) is 5.64. The normalized spacial score (nSPS) is 11.3. The van der Waals surface area contributed by atoms with E-state index in [-0.39, 0.29) is 19.6 Å². The molecule has 0 aliphatic rings. The van der Waals surface area contributed by atoms with Gasteiger partial charge in [0.05, 0.1) is 6.61 Å². The molecule has 2 aromatic carbocycles. The highest BCUT2D eigenvalue weighted by Crippen LogP contribution is 2.05. The lowest BCUT2D eigenvalue weighted by molar-refractivity contribution is -0.148. The van der Waals surface area contributed by atoms with E-state index < -0.39 is 23.8 Å². The number of nitrogens with one attached hydrogen (secondary N) is 2. The van der Waals surface area contributed by atoms with Crippen LogP contribution in [0.3, 0.4) is 0 Å². The largest absolute Gasteiger partial charge is 0.464 e. The smallest absolute Gasteiger partial charge is 0.328 e. The first-order valence-corrected chi connectivity index (χ1v) is 8.43. The molecule has 2 aromatic rings. The van der Waals surface area contributed by atoms with Gasteiger partial charge in [-0.25, -0.2) is 4.79 Å². The highest BCUT2D eigenvalue weighted by Gasteiger charge is 2.25. The highest BCUT2D eigenvalue weighted by atomic mass is 16.5. The van der Waals surface area contributed by atoms with Crippen LogP contribution in [0.5, 0.6) is 0 Å². The minimum Gasteiger partial charge on any atom is -0.464 e. The zero-order chi connectivity index (χ0) is 18.8. The molecule has 0 radical (unpaired) electrons. The lowest BCUT2D eigenvalue weighted by Gasteiger charge is -2.17. The van der Waals surface area contributed by atoms with Gasteiger partial charge in [0.2, 0.25) is 0 Å². The fourth-order valence-corrected chi connectivity index (χ4v) is 2.37. The predicted molar refractivity (Wildman–Crippen MR) is 97.0 cm³/mol. The molecule has 1 atom stereocenters. The summed E-state index contributed by atoms with van der Waals surface area (Å²) < 4.78 is 5.00. The second kappa shape index (κ2) is 9.98. The van der Waals surface area contributed by atoms with Crippen LogP contribution in [0.15, 0.2) is 60.7 Å². The van der Waals surface area contributed by atoms with Crippen molar-refractivity contribution in [2.24, 2.45) is 0 Å². The van der Waals surface area contributed by atoms with Crippen molar-refractivity contribution in [3.63, 3.8) is 0 Å². The predicted octanol–water partition coefficient (Wildman–Crippen LogP) is 1.59. The molecule has 0 aliphatic carbocycles. The topological polar surface area (TPSA) is 84.5 Å². The third-order valence-corrected chi connectivity index (χ3v) is 3.66. The van der Waals surface area contributed by atoms with Crippen LogP contribution in [-0.2, 0) is 32.1 Å². The Hall–Kier alpha value is -3.15. The van der Waals surface area contributed by atoms with Gasteiger partial charge in [0.15, 0.2) is 0 Å². The fraction of sp³-hybridized carbons (Fsp3) is 0.250. The van der Waals surface area contributed by atoms with Crippen molar-refractivity contribution in [3.05, 3.63) is 71.8 Å². The molecular weight excluding hydrogens is 332 g/mol. The number of esters is 1. The van der Waals surface area contributed by atoms with Gasteiger partial charge in [-0.2, -0.15) is 0 Å². The van der Waals surface area contributed by atoms with Crippen molar-refractivity contribution in [1.82, 2.24) is 10.6 Å². The molecule has 26 heavy (non-hydrogen) atoms. The van der Waals surface area contributed by atoms with E-state index in [4.69, 9.17) is 4.74 Å². The summed E-state index contributed by atoms with van der Waals surface area (Å²) in [4.78, 5) is 36.3. The van der Waals surface area contributed by atoms with Crippen LogP contribution in [0.4, 0.5) is 0 Å². The van der Waals surface area contributed by atoms with E-state index in [1.165, 1.54) is 0 Å². The van der Waals surface area contributed by atoms with Crippen molar-refractivity contribution in [3.8, 4) is 0 Å².